The molecule has 0 amide bonds. The van der Waals surface area contributed by atoms with Gasteiger partial charge < -0.3 is 10.9 Å². The van der Waals surface area contributed by atoms with Gasteiger partial charge in [0.15, 0.2) is 0 Å². The molecule has 0 saturated heterocycles. The standard InChI is InChI=1S/C6H16N2O/c1-2-6(8-9)4-3-5-7/h6,8-9H,2-5,7H2,1H3. The minimum absolute atomic E-state index is 0.230. The lowest BCUT2D eigenvalue weighted by molar-refractivity contribution is 0.119. The molecule has 0 saturated carbocycles. The number of hydrogen-bond acceptors (Lipinski definition) is 3. The largest absolute Gasteiger partial charge is 0.330 e. The Bertz CT molecular complexity index is 55.0. The smallest absolute Gasteiger partial charge is 0.0317 e. The van der Waals surface area contributed by atoms with Gasteiger partial charge in [-0.25, -0.2) is 5.48 Å². The van der Waals surface area contributed by atoms with Crippen LogP contribution in [0.1, 0.15) is 26.2 Å². The first kappa shape index (κ1) is 8.88. The Morgan fingerprint density at radius 1 is 1.67 bits per heavy atom. The zero-order valence-electron chi connectivity index (χ0n) is 5.93. The third-order valence-corrected chi connectivity index (χ3v) is 1.43. The van der Waals surface area contributed by atoms with Crippen LogP contribution in [0.3, 0.4) is 0 Å². The van der Waals surface area contributed by atoms with Crippen molar-refractivity contribution in [3.8, 4) is 0 Å². The zero-order chi connectivity index (χ0) is 7.11. The van der Waals surface area contributed by atoms with Crippen LogP contribution < -0.4 is 11.2 Å². The molecule has 0 aromatic rings. The Labute approximate surface area is 56.2 Å². The van der Waals surface area contributed by atoms with Gasteiger partial charge in [0.05, 0.1) is 0 Å². The number of rotatable bonds is 5. The first-order chi connectivity index (χ1) is 4.35. The van der Waals surface area contributed by atoms with Crippen LogP contribution in [-0.2, 0) is 0 Å². The molecule has 4 N–H and O–H groups in total. The van der Waals surface area contributed by atoms with E-state index in [-0.39, 0.29) is 6.04 Å². The fourth-order valence-corrected chi connectivity index (χ4v) is 0.724. The van der Waals surface area contributed by atoms with E-state index < -0.39 is 0 Å². The molecule has 3 heteroatoms. The van der Waals surface area contributed by atoms with Gasteiger partial charge in [-0.1, -0.05) is 6.92 Å². The van der Waals surface area contributed by atoms with Gasteiger partial charge in [-0.15, -0.1) is 0 Å². The van der Waals surface area contributed by atoms with Crippen molar-refractivity contribution in [2.75, 3.05) is 6.54 Å². The lowest BCUT2D eigenvalue weighted by atomic mass is 10.1. The topological polar surface area (TPSA) is 58.3 Å². The van der Waals surface area contributed by atoms with Gasteiger partial charge in [0.2, 0.25) is 0 Å². The normalized spacial score (nSPS) is 13.7. The van der Waals surface area contributed by atoms with Gasteiger partial charge in [0.1, 0.15) is 0 Å². The molecule has 0 fully saturated rings. The second-order valence-electron chi connectivity index (χ2n) is 2.17. The van der Waals surface area contributed by atoms with Crippen molar-refractivity contribution in [2.45, 2.75) is 32.2 Å². The van der Waals surface area contributed by atoms with Crippen LogP contribution in [0.4, 0.5) is 0 Å². The molecule has 0 aromatic carbocycles. The van der Waals surface area contributed by atoms with E-state index in [1.54, 1.807) is 0 Å². The fourth-order valence-electron chi connectivity index (χ4n) is 0.724. The summed E-state index contributed by atoms with van der Waals surface area (Å²) in [6, 6.07) is 0.230. The summed E-state index contributed by atoms with van der Waals surface area (Å²) in [5.74, 6) is 0. The Kier molecular flexibility index (Phi) is 5.93. The first-order valence-corrected chi connectivity index (χ1v) is 3.44. The Balaban J connectivity index is 3.09. The highest BCUT2D eigenvalue weighted by atomic mass is 16.5. The van der Waals surface area contributed by atoms with E-state index >= 15 is 0 Å². The van der Waals surface area contributed by atoms with E-state index in [1.165, 1.54) is 0 Å². The van der Waals surface area contributed by atoms with Gasteiger partial charge in [0.25, 0.3) is 0 Å². The predicted octanol–water partition coefficient (Wildman–Crippen LogP) is 0.483. The summed E-state index contributed by atoms with van der Waals surface area (Å²) in [5.41, 5.74) is 7.51. The summed E-state index contributed by atoms with van der Waals surface area (Å²) in [7, 11) is 0. The second kappa shape index (κ2) is 6.01. The molecule has 1 unspecified atom stereocenters. The van der Waals surface area contributed by atoms with Gasteiger partial charge in [-0.05, 0) is 25.8 Å². The molecule has 9 heavy (non-hydrogen) atoms. The highest BCUT2D eigenvalue weighted by Crippen LogP contribution is 1.98. The van der Waals surface area contributed by atoms with Crippen molar-refractivity contribution in [3.63, 3.8) is 0 Å². The van der Waals surface area contributed by atoms with Gasteiger partial charge in [-0.2, -0.15) is 0 Å². The van der Waals surface area contributed by atoms with Gasteiger partial charge in [-0.3, -0.25) is 0 Å². The van der Waals surface area contributed by atoms with Crippen LogP contribution in [0.2, 0.25) is 0 Å². The summed E-state index contributed by atoms with van der Waals surface area (Å²) in [5, 5.41) is 8.46. The zero-order valence-corrected chi connectivity index (χ0v) is 5.93. The van der Waals surface area contributed by atoms with Gasteiger partial charge in [0, 0.05) is 6.04 Å². The van der Waals surface area contributed by atoms with Crippen molar-refractivity contribution in [3.05, 3.63) is 0 Å². The molecular formula is C6H16N2O. The number of nitrogens with one attached hydrogen (secondary N) is 1. The van der Waals surface area contributed by atoms with Crippen molar-refractivity contribution in [1.29, 1.82) is 0 Å². The molecule has 0 bridgehead atoms. The van der Waals surface area contributed by atoms with Crippen LogP contribution in [0.25, 0.3) is 0 Å². The van der Waals surface area contributed by atoms with Crippen LogP contribution in [-0.4, -0.2) is 17.8 Å². The molecule has 0 aliphatic rings. The van der Waals surface area contributed by atoms with Crippen LogP contribution in [0.15, 0.2) is 0 Å². The summed E-state index contributed by atoms with van der Waals surface area (Å²) in [6.07, 6.45) is 2.89. The first-order valence-electron chi connectivity index (χ1n) is 3.44. The molecular weight excluding hydrogens is 116 g/mol. The molecule has 0 heterocycles. The minimum Gasteiger partial charge on any atom is -0.330 e. The van der Waals surface area contributed by atoms with E-state index in [2.05, 4.69) is 5.48 Å². The monoisotopic (exact) mass is 132 g/mol. The lowest BCUT2D eigenvalue weighted by Gasteiger charge is -2.10. The number of hydrogen-bond donors (Lipinski definition) is 3. The maximum absolute atomic E-state index is 8.46. The molecule has 1 atom stereocenters. The highest BCUT2D eigenvalue weighted by molar-refractivity contribution is 4.58. The molecule has 0 aromatic heterocycles. The van der Waals surface area contributed by atoms with Crippen LogP contribution in [0, 0.1) is 0 Å². The molecule has 56 valence electrons. The Morgan fingerprint density at radius 2 is 2.33 bits per heavy atom. The summed E-state index contributed by atoms with van der Waals surface area (Å²) in [6.45, 7) is 2.74. The molecule has 0 radical (unpaired) electrons. The fraction of sp³-hybridized carbons (Fsp3) is 1.00. The van der Waals surface area contributed by atoms with E-state index in [9.17, 15) is 0 Å². The van der Waals surface area contributed by atoms with Gasteiger partial charge >= 0.3 is 0 Å². The highest BCUT2D eigenvalue weighted by Gasteiger charge is 2.00. The van der Waals surface area contributed by atoms with E-state index in [0.717, 1.165) is 19.3 Å². The summed E-state index contributed by atoms with van der Waals surface area (Å²) < 4.78 is 0. The molecule has 0 spiro atoms. The van der Waals surface area contributed by atoms with Crippen molar-refractivity contribution in [2.24, 2.45) is 5.73 Å². The van der Waals surface area contributed by atoms with E-state index in [1.807, 2.05) is 6.92 Å². The number of nitrogens with two attached hydrogens (primary N) is 1. The maximum Gasteiger partial charge on any atom is 0.0317 e. The average molecular weight is 132 g/mol. The molecule has 0 rings (SSSR count). The van der Waals surface area contributed by atoms with Crippen molar-refractivity contribution in [1.82, 2.24) is 5.48 Å². The van der Waals surface area contributed by atoms with E-state index in [0.29, 0.717) is 6.54 Å². The minimum atomic E-state index is 0.230. The maximum atomic E-state index is 8.46. The second-order valence-corrected chi connectivity index (χ2v) is 2.17. The predicted molar refractivity (Wildman–Crippen MR) is 37.3 cm³/mol. The Morgan fingerprint density at radius 3 is 2.67 bits per heavy atom. The molecule has 0 aliphatic heterocycles. The van der Waals surface area contributed by atoms with Crippen molar-refractivity contribution < 1.29 is 5.21 Å². The van der Waals surface area contributed by atoms with Crippen molar-refractivity contribution >= 4 is 0 Å². The summed E-state index contributed by atoms with van der Waals surface area (Å²) >= 11 is 0. The van der Waals surface area contributed by atoms with Crippen LogP contribution in [0.5, 0.6) is 0 Å². The lowest BCUT2D eigenvalue weighted by Crippen LogP contribution is -2.25. The molecule has 3 nitrogen and oxygen atoms in total. The number of hydroxylamine groups is 1. The molecule has 0 aliphatic carbocycles. The Hall–Kier alpha value is -0.120. The quantitative estimate of drug-likeness (QED) is 0.477. The SMILES string of the molecule is CCC(CCCN)NO. The summed E-state index contributed by atoms with van der Waals surface area (Å²) in [4.78, 5) is 0. The average Bonchev–Trinajstić information content (AvgIpc) is 1.91. The van der Waals surface area contributed by atoms with Crippen LogP contribution >= 0.6 is 0 Å². The van der Waals surface area contributed by atoms with E-state index in [4.69, 9.17) is 10.9 Å². The third-order valence-electron chi connectivity index (χ3n) is 1.43. The third kappa shape index (κ3) is 4.39.